The van der Waals surface area contributed by atoms with Crippen molar-refractivity contribution in [1.82, 2.24) is 5.32 Å². The number of furan rings is 1. The van der Waals surface area contributed by atoms with Crippen LogP contribution in [0.1, 0.15) is 48.2 Å². The SMILES string of the molecule is Cc1oc(C)c(C(=O)NC(C)(CN)C(C)C)c1C. The fourth-order valence-electron chi connectivity index (χ4n) is 1.88. The molecule has 0 aliphatic heterocycles. The summed E-state index contributed by atoms with van der Waals surface area (Å²) in [6.07, 6.45) is 0. The van der Waals surface area contributed by atoms with Crippen LogP contribution >= 0.6 is 0 Å². The standard InChI is InChI=1S/C14H24N2O2/c1-8(2)14(6,7-15)16-13(17)12-9(3)10(4)18-11(12)5/h8H,7,15H2,1-6H3,(H,16,17). The summed E-state index contributed by atoms with van der Waals surface area (Å²) in [6.45, 7) is 12.0. The normalized spacial score (nSPS) is 14.7. The molecule has 102 valence electrons. The summed E-state index contributed by atoms with van der Waals surface area (Å²) < 4.78 is 5.48. The van der Waals surface area contributed by atoms with Crippen LogP contribution in [-0.2, 0) is 0 Å². The van der Waals surface area contributed by atoms with Crippen LogP contribution in [0.3, 0.4) is 0 Å². The van der Waals surface area contributed by atoms with Gasteiger partial charge in [0, 0.05) is 12.1 Å². The summed E-state index contributed by atoms with van der Waals surface area (Å²) in [5.41, 5.74) is 6.90. The fraction of sp³-hybridized carbons (Fsp3) is 0.643. The molecule has 0 radical (unpaired) electrons. The Morgan fingerprint density at radius 3 is 2.22 bits per heavy atom. The highest BCUT2D eigenvalue weighted by atomic mass is 16.3. The van der Waals surface area contributed by atoms with Gasteiger partial charge in [0.25, 0.3) is 5.91 Å². The highest BCUT2D eigenvalue weighted by molar-refractivity contribution is 5.97. The van der Waals surface area contributed by atoms with E-state index >= 15 is 0 Å². The zero-order valence-corrected chi connectivity index (χ0v) is 12.2. The summed E-state index contributed by atoms with van der Waals surface area (Å²) in [5.74, 6) is 1.60. The highest BCUT2D eigenvalue weighted by Crippen LogP contribution is 2.22. The van der Waals surface area contributed by atoms with Crippen molar-refractivity contribution in [2.45, 2.75) is 47.1 Å². The molecule has 1 atom stereocenters. The lowest BCUT2D eigenvalue weighted by molar-refractivity contribution is 0.0881. The summed E-state index contributed by atoms with van der Waals surface area (Å²) >= 11 is 0. The van der Waals surface area contributed by atoms with Crippen LogP contribution in [0, 0.1) is 26.7 Å². The molecule has 1 rings (SSSR count). The van der Waals surface area contributed by atoms with Gasteiger partial charge in [-0.2, -0.15) is 0 Å². The Balaban J connectivity index is 3.02. The van der Waals surface area contributed by atoms with Crippen molar-refractivity contribution in [3.05, 3.63) is 22.6 Å². The third kappa shape index (κ3) is 2.58. The van der Waals surface area contributed by atoms with E-state index in [-0.39, 0.29) is 11.8 Å². The Morgan fingerprint density at radius 1 is 1.33 bits per heavy atom. The Hall–Kier alpha value is -1.29. The van der Waals surface area contributed by atoms with Crippen molar-refractivity contribution in [2.24, 2.45) is 11.7 Å². The van der Waals surface area contributed by atoms with E-state index in [1.165, 1.54) is 0 Å². The van der Waals surface area contributed by atoms with Crippen molar-refractivity contribution in [3.8, 4) is 0 Å². The minimum Gasteiger partial charge on any atom is -0.466 e. The molecule has 0 aliphatic carbocycles. The molecule has 1 aromatic rings. The first-order valence-corrected chi connectivity index (χ1v) is 6.32. The van der Waals surface area contributed by atoms with Gasteiger partial charge in [0.15, 0.2) is 0 Å². The maximum Gasteiger partial charge on any atom is 0.255 e. The fourth-order valence-corrected chi connectivity index (χ4v) is 1.88. The van der Waals surface area contributed by atoms with Gasteiger partial charge in [-0.25, -0.2) is 0 Å². The molecule has 0 saturated carbocycles. The smallest absolute Gasteiger partial charge is 0.255 e. The van der Waals surface area contributed by atoms with Crippen LogP contribution in [0.25, 0.3) is 0 Å². The van der Waals surface area contributed by atoms with Gasteiger partial charge in [-0.05, 0) is 33.6 Å². The van der Waals surface area contributed by atoms with Crippen LogP contribution in [0.2, 0.25) is 0 Å². The first-order valence-electron chi connectivity index (χ1n) is 6.32. The predicted molar refractivity (Wildman–Crippen MR) is 72.7 cm³/mol. The maximum atomic E-state index is 12.4. The van der Waals surface area contributed by atoms with E-state index in [0.717, 1.165) is 11.3 Å². The molecule has 1 aromatic heterocycles. The van der Waals surface area contributed by atoms with Crippen LogP contribution in [0.5, 0.6) is 0 Å². The molecule has 4 nitrogen and oxygen atoms in total. The van der Waals surface area contributed by atoms with Gasteiger partial charge < -0.3 is 15.5 Å². The van der Waals surface area contributed by atoms with Crippen molar-refractivity contribution in [3.63, 3.8) is 0 Å². The molecular formula is C14H24N2O2. The summed E-state index contributed by atoms with van der Waals surface area (Å²) in [7, 11) is 0. The second kappa shape index (κ2) is 5.14. The number of amides is 1. The first kappa shape index (κ1) is 14.8. The lowest BCUT2D eigenvalue weighted by Crippen LogP contribution is -2.55. The zero-order chi connectivity index (χ0) is 14.1. The molecule has 0 aromatic carbocycles. The van der Waals surface area contributed by atoms with E-state index in [4.69, 9.17) is 10.2 Å². The lowest BCUT2D eigenvalue weighted by Gasteiger charge is -2.33. The third-order valence-electron chi connectivity index (χ3n) is 3.89. The van der Waals surface area contributed by atoms with E-state index < -0.39 is 5.54 Å². The number of carbonyl (C=O) groups is 1. The molecule has 0 fully saturated rings. The molecule has 1 heterocycles. The van der Waals surface area contributed by atoms with Gasteiger partial charge in [-0.15, -0.1) is 0 Å². The highest BCUT2D eigenvalue weighted by Gasteiger charge is 2.30. The Labute approximate surface area is 109 Å². The van der Waals surface area contributed by atoms with Gasteiger partial charge in [0.2, 0.25) is 0 Å². The van der Waals surface area contributed by atoms with Crippen LogP contribution in [0.4, 0.5) is 0 Å². The number of nitrogens with one attached hydrogen (secondary N) is 1. The molecule has 18 heavy (non-hydrogen) atoms. The van der Waals surface area contributed by atoms with Crippen LogP contribution in [0.15, 0.2) is 4.42 Å². The Morgan fingerprint density at radius 2 is 1.89 bits per heavy atom. The summed E-state index contributed by atoms with van der Waals surface area (Å²) in [5, 5.41) is 3.03. The number of carbonyl (C=O) groups excluding carboxylic acids is 1. The first-order chi connectivity index (χ1) is 8.23. The molecule has 1 amide bonds. The quantitative estimate of drug-likeness (QED) is 0.864. The lowest BCUT2D eigenvalue weighted by atomic mass is 9.88. The van der Waals surface area contributed by atoms with Gasteiger partial charge in [0.05, 0.1) is 11.1 Å². The third-order valence-corrected chi connectivity index (χ3v) is 3.89. The predicted octanol–water partition coefficient (Wildman–Crippen LogP) is 2.31. The minimum absolute atomic E-state index is 0.108. The monoisotopic (exact) mass is 252 g/mol. The van der Waals surface area contributed by atoms with Crippen molar-refractivity contribution in [2.75, 3.05) is 6.54 Å². The van der Waals surface area contributed by atoms with Crippen molar-refractivity contribution < 1.29 is 9.21 Å². The summed E-state index contributed by atoms with van der Waals surface area (Å²) in [4.78, 5) is 12.4. The minimum atomic E-state index is -0.402. The molecule has 0 bridgehead atoms. The largest absolute Gasteiger partial charge is 0.466 e. The Bertz CT molecular complexity index is 449. The van der Waals surface area contributed by atoms with E-state index in [1.807, 2.05) is 41.5 Å². The number of rotatable bonds is 4. The van der Waals surface area contributed by atoms with Crippen molar-refractivity contribution in [1.29, 1.82) is 0 Å². The molecule has 0 aliphatic rings. The molecule has 0 spiro atoms. The number of aryl methyl sites for hydroxylation is 2. The number of nitrogens with two attached hydrogens (primary N) is 1. The second-order valence-corrected chi connectivity index (χ2v) is 5.44. The van der Waals surface area contributed by atoms with E-state index in [1.54, 1.807) is 0 Å². The van der Waals surface area contributed by atoms with Gasteiger partial charge in [-0.1, -0.05) is 13.8 Å². The van der Waals surface area contributed by atoms with E-state index in [9.17, 15) is 4.79 Å². The topological polar surface area (TPSA) is 68.3 Å². The number of hydrogen-bond donors (Lipinski definition) is 2. The average Bonchev–Trinajstić information content (AvgIpc) is 2.52. The van der Waals surface area contributed by atoms with Crippen LogP contribution in [-0.4, -0.2) is 18.0 Å². The maximum absolute atomic E-state index is 12.4. The molecule has 1 unspecified atom stereocenters. The molecule has 3 N–H and O–H groups in total. The van der Waals surface area contributed by atoms with Crippen molar-refractivity contribution >= 4 is 5.91 Å². The summed E-state index contributed by atoms with van der Waals surface area (Å²) in [6, 6.07) is 0. The Kier molecular flexibility index (Phi) is 4.22. The van der Waals surface area contributed by atoms with Gasteiger partial charge in [-0.3, -0.25) is 4.79 Å². The van der Waals surface area contributed by atoms with Gasteiger partial charge in [0.1, 0.15) is 11.5 Å². The van der Waals surface area contributed by atoms with Crippen LogP contribution < -0.4 is 11.1 Å². The number of hydrogen-bond acceptors (Lipinski definition) is 3. The van der Waals surface area contributed by atoms with Gasteiger partial charge >= 0.3 is 0 Å². The van der Waals surface area contributed by atoms with E-state index in [0.29, 0.717) is 17.9 Å². The molecular weight excluding hydrogens is 228 g/mol. The molecule has 0 saturated heterocycles. The average molecular weight is 252 g/mol. The molecule has 4 heteroatoms. The zero-order valence-electron chi connectivity index (χ0n) is 12.2. The second-order valence-electron chi connectivity index (χ2n) is 5.44. The van der Waals surface area contributed by atoms with E-state index in [2.05, 4.69) is 5.32 Å².